The second-order valence-corrected chi connectivity index (χ2v) is 9.28. The minimum Gasteiger partial charge on any atom is -0.120 e. The molecule has 0 bridgehead atoms. The summed E-state index contributed by atoms with van der Waals surface area (Å²) >= 11 is 2.02. The summed E-state index contributed by atoms with van der Waals surface area (Å²) in [6.45, 7) is 20.4. The fraction of sp³-hybridized carbons (Fsp3) is 0.714. The average Bonchev–Trinajstić information content (AvgIpc) is 2.48. The standard InChI is InChI=1S/C19H32S.C2H6/c1-8-16-9-11-17(12-10-16)20-19(6,7)14-13-18(4,5)15(2)3;1-2/h9-12,15H,8,13-14H2,1-7H3;1-2H3. The van der Waals surface area contributed by atoms with Crippen LogP contribution in [0.4, 0.5) is 0 Å². The summed E-state index contributed by atoms with van der Waals surface area (Å²) in [5, 5.41) is 0. The maximum atomic E-state index is 2.40. The van der Waals surface area contributed by atoms with Crippen molar-refractivity contribution in [2.24, 2.45) is 11.3 Å². The monoisotopic (exact) mass is 322 g/mol. The summed E-state index contributed by atoms with van der Waals surface area (Å²) in [6, 6.07) is 9.07. The Kier molecular flexibility index (Phi) is 9.46. The predicted octanol–water partition coefficient (Wildman–Crippen LogP) is 7.61. The predicted molar refractivity (Wildman–Crippen MR) is 105 cm³/mol. The Balaban J connectivity index is 0.00000211. The zero-order valence-corrected chi connectivity index (χ0v) is 17.2. The van der Waals surface area contributed by atoms with Crippen LogP contribution in [0.2, 0.25) is 0 Å². The van der Waals surface area contributed by atoms with Gasteiger partial charge in [0.25, 0.3) is 0 Å². The van der Waals surface area contributed by atoms with Crippen LogP contribution in [0.5, 0.6) is 0 Å². The molecule has 0 saturated carbocycles. The third-order valence-corrected chi connectivity index (χ3v) is 5.92. The van der Waals surface area contributed by atoms with Gasteiger partial charge in [0, 0.05) is 9.64 Å². The zero-order chi connectivity index (χ0) is 17.4. The van der Waals surface area contributed by atoms with E-state index in [2.05, 4.69) is 72.7 Å². The first kappa shape index (κ1) is 21.6. The van der Waals surface area contributed by atoms with Crippen molar-refractivity contribution in [1.82, 2.24) is 0 Å². The van der Waals surface area contributed by atoms with Crippen LogP contribution in [0.3, 0.4) is 0 Å². The fourth-order valence-electron chi connectivity index (χ4n) is 2.08. The molecule has 0 amide bonds. The van der Waals surface area contributed by atoms with Crippen molar-refractivity contribution in [2.45, 2.75) is 91.2 Å². The molecule has 0 aliphatic heterocycles. The van der Waals surface area contributed by atoms with Crippen LogP contribution in [0.15, 0.2) is 29.2 Å². The molecule has 0 spiro atoms. The van der Waals surface area contributed by atoms with Crippen molar-refractivity contribution >= 4 is 11.8 Å². The topological polar surface area (TPSA) is 0 Å². The van der Waals surface area contributed by atoms with E-state index in [0.717, 1.165) is 12.3 Å². The fourth-order valence-corrected chi connectivity index (χ4v) is 3.19. The molecule has 0 aliphatic carbocycles. The van der Waals surface area contributed by atoms with E-state index in [9.17, 15) is 0 Å². The minimum absolute atomic E-state index is 0.305. The van der Waals surface area contributed by atoms with E-state index >= 15 is 0 Å². The van der Waals surface area contributed by atoms with Crippen molar-refractivity contribution in [2.75, 3.05) is 0 Å². The normalized spacial score (nSPS) is 12.1. The first-order valence-corrected chi connectivity index (χ1v) is 9.76. The van der Waals surface area contributed by atoms with E-state index in [1.54, 1.807) is 0 Å². The molecule has 1 aromatic carbocycles. The van der Waals surface area contributed by atoms with E-state index in [0.29, 0.717) is 10.2 Å². The van der Waals surface area contributed by atoms with Crippen LogP contribution < -0.4 is 0 Å². The second kappa shape index (κ2) is 9.65. The molecule has 1 aromatic rings. The largest absolute Gasteiger partial charge is 0.120 e. The summed E-state index contributed by atoms with van der Waals surface area (Å²) < 4.78 is 0.305. The zero-order valence-electron chi connectivity index (χ0n) is 16.4. The third kappa shape index (κ3) is 7.72. The molecule has 128 valence electrons. The van der Waals surface area contributed by atoms with Crippen molar-refractivity contribution in [3.8, 4) is 0 Å². The lowest BCUT2D eigenvalue weighted by Crippen LogP contribution is -2.24. The van der Waals surface area contributed by atoms with Crippen LogP contribution in [-0.2, 0) is 6.42 Å². The highest BCUT2D eigenvalue weighted by molar-refractivity contribution is 8.00. The number of hydrogen-bond acceptors (Lipinski definition) is 1. The maximum Gasteiger partial charge on any atom is 0.0151 e. The number of hydrogen-bond donors (Lipinski definition) is 0. The van der Waals surface area contributed by atoms with Gasteiger partial charge in [-0.15, -0.1) is 11.8 Å². The van der Waals surface area contributed by atoms with Crippen LogP contribution >= 0.6 is 11.8 Å². The van der Waals surface area contributed by atoms with Gasteiger partial charge in [0.1, 0.15) is 0 Å². The van der Waals surface area contributed by atoms with Gasteiger partial charge in [-0.2, -0.15) is 0 Å². The lowest BCUT2D eigenvalue weighted by atomic mass is 9.76. The van der Waals surface area contributed by atoms with Crippen molar-refractivity contribution in [3.63, 3.8) is 0 Å². The van der Waals surface area contributed by atoms with Crippen LogP contribution in [0.1, 0.15) is 80.7 Å². The summed E-state index contributed by atoms with van der Waals surface area (Å²) in [6.07, 6.45) is 3.67. The van der Waals surface area contributed by atoms with Gasteiger partial charge in [0.05, 0.1) is 0 Å². The first-order valence-electron chi connectivity index (χ1n) is 8.94. The molecule has 0 aromatic heterocycles. The van der Waals surface area contributed by atoms with Gasteiger partial charge < -0.3 is 0 Å². The molecule has 0 radical (unpaired) electrons. The van der Waals surface area contributed by atoms with E-state index in [-0.39, 0.29) is 0 Å². The number of thioether (sulfide) groups is 1. The molecule has 0 nitrogen and oxygen atoms in total. The molecule has 0 aliphatic rings. The third-order valence-electron chi connectivity index (χ3n) is 4.66. The van der Waals surface area contributed by atoms with Crippen LogP contribution in [0, 0.1) is 11.3 Å². The highest BCUT2D eigenvalue weighted by atomic mass is 32.2. The molecular formula is C21H38S. The Labute approximate surface area is 144 Å². The lowest BCUT2D eigenvalue weighted by molar-refractivity contribution is 0.217. The summed E-state index contributed by atoms with van der Waals surface area (Å²) in [5.74, 6) is 0.743. The molecule has 0 heterocycles. The van der Waals surface area contributed by atoms with Gasteiger partial charge >= 0.3 is 0 Å². The van der Waals surface area contributed by atoms with E-state index in [1.165, 1.54) is 23.3 Å². The highest BCUT2D eigenvalue weighted by Gasteiger charge is 2.27. The number of rotatable bonds is 7. The number of aryl methyl sites for hydroxylation is 1. The maximum absolute atomic E-state index is 2.40. The van der Waals surface area contributed by atoms with Gasteiger partial charge in [-0.05, 0) is 48.3 Å². The first-order chi connectivity index (χ1) is 10.2. The Morgan fingerprint density at radius 3 is 1.82 bits per heavy atom. The molecule has 0 saturated heterocycles. The summed E-state index contributed by atoms with van der Waals surface area (Å²) in [5.41, 5.74) is 1.86. The van der Waals surface area contributed by atoms with E-state index in [4.69, 9.17) is 0 Å². The summed E-state index contributed by atoms with van der Waals surface area (Å²) in [7, 11) is 0. The quantitative estimate of drug-likeness (QED) is 0.465. The molecular weight excluding hydrogens is 284 g/mol. The molecule has 22 heavy (non-hydrogen) atoms. The Morgan fingerprint density at radius 1 is 0.909 bits per heavy atom. The van der Waals surface area contributed by atoms with Gasteiger partial charge in [0.2, 0.25) is 0 Å². The van der Waals surface area contributed by atoms with Crippen molar-refractivity contribution in [3.05, 3.63) is 29.8 Å². The Bertz CT molecular complexity index is 398. The Hall–Kier alpha value is -0.430. The smallest absolute Gasteiger partial charge is 0.0151 e. The SMILES string of the molecule is CC.CCc1ccc(SC(C)(C)CCC(C)(C)C(C)C)cc1. The molecule has 0 unspecified atom stereocenters. The van der Waals surface area contributed by atoms with E-state index < -0.39 is 0 Å². The number of benzene rings is 1. The van der Waals surface area contributed by atoms with Gasteiger partial charge in [0.15, 0.2) is 0 Å². The molecule has 0 fully saturated rings. The van der Waals surface area contributed by atoms with Crippen molar-refractivity contribution in [1.29, 1.82) is 0 Å². The minimum atomic E-state index is 0.305. The Morgan fingerprint density at radius 2 is 1.41 bits per heavy atom. The van der Waals surface area contributed by atoms with Gasteiger partial charge in [-0.25, -0.2) is 0 Å². The second-order valence-electron chi connectivity index (χ2n) is 7.50. The van der Waals surface area contributed by atoms with E-state index in [1.807, 2.05) is 25.6 Å². The molecule has 1 heteroatoms. The molecule has 0 atom stereocenters. The average molecular weight is 323 g/mol. The van der Waals surface area contributed by atoms with Gasteiger partial charge in [-0.3, -0.25) is 0 Å². The highest BCUT2D eigenvalue weighted by Crippen LogP contribution is 2.40. The lowest BCUT2D eigenvalue weighted by Gasteiger charge is -2.33. The molecule has 0 N–H and O–H groups in total. The summed E-state index contributed by atoms with van der Waals surface area (Å²) in [4.78, 5) is 1.40. The van der Waals surface area contributed by atoms with Crippen LogP contribution in [-0.4, -0.2) is 4.75 Å². The van der Waals surface area contributed by atoms with Crippen LogP contribution in [0.25, 0.3) is 0 Å². The molecule has 1 rings (SSSR count). The van der Waals surface area contributed by atoms with Crippen molar-refractivity contribution < 1.29 is 0 Å². The van der Waals surface area contributed by atoms with Gasteiger partial charge in [-0.1, -0.05) is 74.4 Å².